The van der Waals surface area contributed by atoms with Gasteiger partial charge in [0, 0.05) is 17.8 Å². The number of fused-ring (bicyclic) bond motifs is 1. The molecule has 0 saturated carbocycles. The lowest BCUT2D eigenvalue weighted by Crippen LogP contribution is -1.94. The number of rotatable bonds is 4. The molecule has 0 aliphatic rings. The molecule has 4 aromatic rings. The highest BCUT2D eigenvalue weighted by Crippen LogP contribution is 2.31. The third kappa shape index (κ3) is 2.92. The molecule has 25 heavy (non-hydrogen) atoms. The summed E-state index contributed by atoms with van der Waals surface area (Å²) >= 11 is 0. The molecule has 0 amide bonds. The fourth-order valence-corrected chi connectivity index (χ4v) is 2.49. The van der Waals surface area contributed by atoms with Crippen LogP contribution in [0.1, 0.15) is 10.4 Å². The first-order chi connectivity index (χ1) is 12.2. The van der Waals surface area contributed by atoms with E-state index < -0.39 is 5.97 Å². The summed E-state index contributed by atoms with van der Waals surface area (Å²) in [6.45, 7) is 0. The zero-order chi connectivity index (χ0) is 17.2. The number of pyridine rings is 1. The monoisotopic (exact) mass is 332 g/mol. The average Bonchev–Trinajstić information content (AvgIpc) is 3.06. The third-order valence-corrected chi connectivity index (χ3v) is 3.70. The SMILES string of the molecule is O=C(O)c1ccc2noc(-c3ccc(Oc4ccccn4)cc3)c2c1. The molecule has 2 heterocycles. The molecule has 1 N–H and O–H groups in total. The summed E-state index contributed by atoms with van der Waals surface area (Å²) in [6.07, 6.45) is 1.66. The average molecular weight is 332 g/mol. The van der Waals surface area contributed by atoms with Crippen LogP contribution < -0.4 is 4.74 Å². The Hall–Kier alpha value is -3.67. The molecular formula is C19H12N2O4. The zero-order valence-electron chi connectivity index (χ0n) is 12.9. The predicted molar refractivity (Wildman–Crippen MR) is 90.7 cm³/mol. The first-order valence-corrected chi connectivity index (χ1v) is 7.53. The van der Waals surface area contributed by atoms with E-state index in [-0.39, 0.29) is 5.56 Å². The van der Waals surface area contributed by atoms with Gasteiger partial charge in [-0.15, -0.1) is 0 Å². The Morgan fingerprint density at radius 1 is 1.04 bits per heavy atom. The normalized spacial score (nSPS) is 10.7. The van der Waals surface area contributed by atoms with Crippen LogP contribution in [0.15, 0.2) is 71.4 Å². The molecule has 0 radical (unpaired) electrons. The second-order valence-electron chi connectivity index (χ2n) is 5.34. The van der Waals surface area contributed by atoms with Crippen LogP contribution in [0, 0.1) is 0 Å². The highest BCUT2D eigenvalue weighted by molar-refractivity contribution is 5.98. The van der Waals surface area contributed by atoms with Gasteiger partial charge in [-0.2, -0.15) is 0 Å². The molecule has 2 aromatic carbocycles. The molecule has 0 atom stereocenters. The highest BCUT2D eigenvalue weighted by Gasteiger charge is 2.13. The summed E-state index contributed by atoms with van der Waals surface area (Å²) in [7, 11) is 0. The Balaban J connectivity index is 1.67. The minimum atomic E-state index is -0.992. The van der Waals surface area contributed by atoms with Crippen molar-refractivity contribution in [3.05, 3.63) is 72.4 Å². The van der Waals surface area contributed by atoms with E-state index in [1.807, 2.05) is 24.3 Å². The van der Waals surface area contributed by atoms with Gasteiger partial charge >= 0.3 is 5.97 Å². The predicted octanol–water partition coefficient (Wildman–Crippen LogP) is 4.38. The van der Waals surface area contributed by atoms with Crippen molar-refractivity contribution in [2.75, 3.05) is 0 Å². The number of carbonyl (C=O) groups is 1. The molecule has 0 aliphatic carbocycles. The van der Waals surface area contributed by atoms with Crippen LogP contribution in [-0.2, 0) is 0 Å². The summed E-state index contributed by atoms with van der Waals surface area (Å²) in [6, 6.07) is 17.3. The van der Waals surface area contributed by atoms with Crippen LogP contribution in [-0.4, -0.2) is 21.2 Å². The van der Waals surface area contributed by atoms with Gasteiger partial charge in [0.25, 0.3) is 0 Å². The van der Waals surface area contributed by atoms with Gasteiger partial charge in [0.15, 0.2) is 5.76 Å². The second-order valence-corrected chi connectivity index (χ2v) is 5.34. The standard InChI is InChI=1S/C19H12N2O4/c22-19(23)13-6-9-16-15(11-13)18(25-21-16)12-4-7-14(8-5-12)24-17-3-1-2-10-20-17/h1-11H,(H,22,23). The maximum absolute atomic E-state index is 11.2. The van der Waals surface area contributed by atoms with Crippen LogP contribution in [0.3, 0.4) is 0 Å². The maximum atomic E-state index is 11.2. The van der Waals surface area contributed by atoms with Crippen LogP contribution in [0.25, 0.3) is 22.2 Å². The van der Waals surface area contributed by atoms with E-state index in [0.717, 1.165) is 5.56 Å². The molecule has 0 saturated heterocycles. The van der Waals surface area contributed by atoms with Gasteiger partial charge in [0.05, 0.1) is 10.9 Å². The first-order valence-electron chi connectivity index (χ1n) is 7.53. The lowest BCUT2D eigenvalue weighted by atomic mass is 10.1. The highest BCUT2D eigenvalue weighted by atomic mass is 16.5. The molecule has 6 heteroatoms. The Labute approximate surface area is 142 Å². The zero-order valence-corrected chi connectivity index (χ0v) is 12.9. The van der Waals surface area contributed by atoms with Crippen molar-refractivity contribution in [2.24, 2.45) is 0 Å². The number of aromatic nitrogens is 2. The summed E-state index contributed by atoms with van der Waals surface area (Å²) in [5.74, 6) is 0.666. The molecule has 0 spiro atoms. The fourth-order valence-electron chi connectivity index (χ4n) is 2.49. The molecule has 0 unspecified atom stereocenters. The molecule has 0 bridgehead atoms. The van der Waals surface area contributed by atoms with Gasteiger partial charge in [0.2, 0.25) is 5.88 Å². The molecule has 0 fully saturated rings. The van der Waals surface area contributed by atoms with Crippen LogP contribution >= 0.6 is 0 Å². The van der Waals surface area contributed by atoms with Gasteiger partial charge in [-0.05, 0) is 48.5 Å². The number of carboxylic acid groups (broad SMARTS) is 1. The number of ether oxygens (including phenoxy) is 1. The van der Waals surface area contributed by atoms with Crippen molar-refractivity contribution in [3.8, 4) is 23.0 Å². The molecule has 4 rings (SSSR count). The van der Waals surface area contributed by atoms with E-state index in [9.17, 15) is 4.79 Å². The second kappa shape index (κ2) is 6.09. The number of hydrogen-bond donors (Lipinski definition) is 1. The van der Waals surface area contributed by atoms with E-state index in [0.29, 0.717) is 28.3 Å². The van der Waals surface area contributed by atoms with Crippen LogP contribution in [0.2, 0.25) is 0 Å². The van der Waals surface area contributed by atoms with Gasteiger partial charge in [-0.1, -0.05) is 11.2 Å². The van der Waals surface area contributed by atoms with E-state index in [1.165, 1.54) is 6.07 Å². The van der Waals surface area contributed by atoms with Crippen molar-refractivity contribution in [3.63, 3.8) is 0 Å². The topological polar surface area (TPSA) is 85.5 Å². The van der Waals surface area contributed by atoms with E-state index in [4.69, 9.17) is 14.4 Å². The van der Waals surface area contributed by atoms with Crippen LogP contribution in [0.5, 0.6) is 11.6 Å². The van der Waals surface area contributed by atoms with Crippen molar-refractivity contribution >= 4 is 16.9 Å². The van der Waals surface area contributed by atoms with Crippen molar-refractivity contribution < 1.29 is 19.2 Å². The summed E-state index contributed by atoms with van der Waals surface area (Å²) in [4.78, 5) is 15.3. The lowest BCUT2D eigenvalue weighted by Gasteiger charge is -2.04. The smallest absolute Gasteiger partial charge is 0.335 e. The molecular weight excluding hydrogens is 320 g/mol. The van der Waals surface area contributed by atoms with E-state index in [2.05, 4.69) is 10.1 Å². The summed E-state index contributed by atoms with van der Waals surface area (Å²) in [5.41, 5.74) is 1.57. The van der Waals surface area contributed by atoms with Crippen molar-refractivity contribution in [2.45, 2.75) is 0 Å². The quantitative estimate of drug-likeness (QED) is 0.597. The Bertz CT molecular complexity index is 1040. The van der Waals surface area contributed by atoms with Crippen LogP contribution in [0.4, 0.5) is 0 Å². The number of benzene rings is 2. The molecule has 2 aromatic heterocycles. The Kier molecular flexibility index (Phi) is 3.63. The summed E-state index contributed by atoms with van der Waals surface area (Å²) < 4.78 is 11.1. The fraction of sp³-hybridized carbons (Fsp3) is 0. The Morgan fingerprint density at radius 2 is 1.88 bits per heavy atom. The van der Waals surface area contributed by atoms with E-state index in [1.54, 1.807) is 36.5 Å². The minimum Gasteiger partial charge on any atom is -0.478 e. The number of carboxylic acids is 1. The van der Waals surface area contributed by atoms with Gasteiger partial charge in [0.1, 0.15) is 11.3 Å². The lowest BCUT2D eigenvalue weighted by molar-refractivity contribution is 0.0697. The van der Waals surface area contributed by atoms with Crippen molar-refractivity contribution in [1.29, 1.82) is 0 Å². The number of nitrogens with zero attached hydrogens (tertiary/aromatic N) is 2. The summed E-state index contributed by atoms with van der Waals surface area (Å²) in [5, 5.41) is 13.8. The largest absolute Gasteiger partial charge is 0.478 e. The van der Waals surface area contributed by atoms with Gasteiger partial charge in [-0.3, -0.25) is 0 Å². The Morgan fingerprint density at radius 3 is 2.60 bits per heavy atom. The molecule has 0 aliphatic heterocycles. The minimum absolute atomic E-state index is 0.187. The molecule has 6 nitrogen and oxygen atoms in total. The van der Waals surface area contributed by atoms with Gasteiger partial charge < -0.3 is 14.4 Å². The van der Waals surface area contributed by atoms with Crippen molar-refractivity contribution in [1.82, 2.24) is 10.1 Å². The van der Waals surface area contributed by atoms with Gasteiger partial charge in [-0.25, -0.2) is 9.78 Å². The third-order valence-electron chi connectivity index (χ3n) is 3.70. The number of aromatic carboxylic acids is 1. The maximum Gasteiger partial charge on any atom is 0.335 e. The first kappa shape index (κ1) is 14.9. The number of hydrogen-bond acceptors (Lipinski definition) is 5. The van der Waals surface area contributed by atoms with E-state index >= 15 is 0 Å². The molecule has 122 valence electrons.